The van der Waals surface area contributed by atoms with Gasteiger partial charge < -0.3 is 24.6 Å². The van der Waals surface area contributed by atoms with E-state index >= 15 is 4.39 Å². The van der Waals surface area contributed by atoms with Gasteiger partial charge in [0.1, 0.15) is 11.9 Å². The summed E-state index contributed by atoms with van der Waals surface area (Å²) in [5, 5.41) is 20.5. The predicted octanol–water partition coefficient (Wildman–Crippen LogP) is 1.54. The van der Waals surface area contributed by atoms with Crippen molar-refractivity contribution in [2.75, 3.05) is 31.2 Å². The van der Waals surface area contributed by atoms with Crippen LogP contribution in [-0.4, -0.2) is 79.4 Å². The summed E-state index contributed by atoms with van der Waals surface area (Å²) in [4.78, 5) is 26.7. The van der Waals surface area contributed by atoms with E-state index in [0.29, 0.717) is 43.3 Å². The average Bonchev–Trinajstić information content (AvgIpc) is 3.21. The third-order valence-corrected chi connectivity index (χ3v) is 6.55. The Kier molecular flexibility index (Phi) is 5.18. The summed E-state index contributed by atoms with van der Waals surface area (Å²) in [7, 11) is 0. The van der Waals surface area contributed by atoms with E-state index in [2.05, 4.69) is 15.0 Å². The summed E-state index contributed by atoms with van der Waals surface area (Å²) in [5.74, 6) is -0.423. The van der Waals surface area contributed by atoms with E-state index in [1.165, 1.54) is 44.9 Å². The monoisotopic (exact) mass is 437 g/mol. The largest absolute Gasteiger partial charge is 0.481 e. The fourth-order valence-corrected chi connectivity index (χ4v) is 4.12. The van der Waals surface area contributed by atoms with Gasteiger partial charge in [0.15, 0.2) is 28.9 Å². The first-order chi connectivity index (χ1) is 14.5. The molecular weight excluding hydrogens is 409 g/mol. The van der Waals surface area contributed by atoms with Crippen molar-refractivity contribution in [2.45, 2.75) is 57.7 Å². The number of hydrogen-bond acceptors (Lipinski definition) is 8. The zero-order chi connectivity index (χ0) is 22.6. The maximum absolute atomic E-state index is 16.0. The van der Waals surface area contributed by atoms with Crippen LogP contribution in [0.2, 0.25) is 0 Å². The lowest BCUT2D eigenvalue weighted by Gasteiger charge is -2.35. The molecule has 0 bridgehead atoms. The van der Waals surface area contributed by atoms with Crippen molar-refractivity contribution in [2.24, 2.45) is 5.41 Å². The maximum Gasteiger partial charge on any atom is 0.309 e. The van der Waals surface area contributed by atoms with E-state index < -0.39 is 35.0 Å². The molecule has 2 N–H and O–H groups in total. The lowest BCUT2D eigenvalue weighted by Crippen LogP contribution is -2.52. The van der Waals surface area contributed by atoms with Crippen molar-refractivity contribution >= 4 is 23.0 Å². The van der Waals surface area contributed by atoms with Gasteiger partial charge in [0.2, 0.25) is 0 Å². The van der Waals surface area contributed by atoms with Crippen LogP contribution in [0.1, 0.15) is 40.3 Å². The number of carboxylic acid groups (broad SMARTS) is 1. The Morgan fingerprint density at radius 3 is 2.61 bits per heavy atom. The molecule has 10 nitrogen and oxygen atoms in total. The maximum atomic E-state index is 16.0. The van der Waals surface area contributed by atoms with Crippen LogP contribution in [-0.2, 0) is 14.3 Å². The highest BCUT2D eigenvalue weighted by Crippen LogP contribution is 2.51. The lowest BCUT2D eigenvalue weighted by molar-refractivity contribution is -0.151. The van der Waals surface area contributed by atoms with Crippen LogP contribution in [0.25, 0.3) is 11.2 Å². The van der Waals surface area contributed by atoms with E-state index in [1.54, 1.807) is 0 Å². The molecule has 2 aliphatic rings. The number of aliphatic hydroxyl groups is 1. The molecule has 4 heterocycles. The quantitative estimate of drug-likeness (QED) is 0.717. The second-order valence-electron chi connectivity index (χ2n) is 9.21. The number of morpholine rings is 1. The fraction of sp³-hybridized carbons (Fsp3) is 0.700. The zero-order valence-corrected chi connectivity index (χ0v) is 18.1. The molecule has 0 aromatic carbocycles. The Hall–Kier alpha value is -2.37. The summed E-state index contributed by atoms with van der Waals surface area (Å²) >= 11 is 0. The Balaban J connectivity index is 1.71. The summed E-state index contributed by atoms with van der Waals surface area (Å²) in [6, 6.07) is 0. The normalized spacial score (nSPS) is 32.0. The number of fused-ring (bicyclic) bond motifs is 1. The minimum atomic E-state index is -2.23. The molecule has 4 atom stereocenters. The van der Waals surface area contributed by atoms with Crippen LogP contribution < -0.4 is 4.90 Å². The predicted molar refractivity (Wildman–Crippen MR) is 108 cm³/mol. The van der Waals surface area contributed by atoms with Crippen molar-refractivity contribution in [1.29, 1.82) is 0 Å². The summed E-state index contributed by atoms with van der Waals surface area (Å²) < 4.78 is 28.8. The number of aliphatic carboxylic acids is 1. The van der Waals surface area contributed by atoms with Crippen molar-refractivity contribution in [1.82, 2.24) is 19.5 Å². The molecule has 0 unspecified atom stereocenters. The van der Waals surface area contributed by atoms with Crippen molar-refractivity contribution < 1.29 is 28.9 Å². The van der Waals surface area contributed by atoms with Crippen LogP contribution >= 0.6 is 0 Å². The first kappa shape index (κ1) is 21.8. The van der Waals surface area contributed by atoms with Gasteiger partial charge in [-0.15, -0.1) is 0 Å². The number of halogens is 1. The fourth-order valence-electron chi connectivity index (χ4n) is 4.12. The topological polar surface area (TPSA) is 123 Å². The molecule has 0 spiro atoms. The molecule has 170 valence electrons. The van der Waals surface area contributed by atoms with Crippen molar-refractivity contribution in [3.8, 4) is 0 Å². The van der Waals surface area contributed by atoms with Crippen LogP contribution in [0.3, 0.4) is 0 Å². The molecule has 2 aliphatic heterocycles. The van der Waals surface area contributed by atoms with Gasteiger partial charge in [-0.3, -0.25) is 9.36 Å². The molecule has 0 radical (unpaired) electrons. The highest BCUT2D eigenvalue weighted by molar-refractivity contribution is 5.83. The highest BCUT2D eigenvalue weighted by Gasteiger charge is 2.64. The first-order valence-corrected chi connectivity index (χ1v) is 10.3. The van der Waals surface area contributed by atoms with Gasteiger partial charge in [-0.05, 0) is 34.1 Å². The third-order valence-electron chi connectivity index (χ3n) is 6.55. The molecule has 0 saturated carbocycles. The Bertz CT molecular complexity index is 985. The van der Waals surface area contributed by atoms with Crippen LogP contribution in [0.5, 0.6) is 0 Å². The summed E-state index contributed by atoms with van der Waals surface area (Å²) in [6.07, 6.45) is 0.462. The molecule has 2 fully saturated rings. The molecule has 11 heteroatoms. The second-order valence-corrected chi connectivity index (χ2v) is 9.21. The molecule has 2 aromatic rings. The number of nitrogens with zero attached hydrogens (tertiary/aromatic N) is 5. The van der Waals surface area contributed by atoms with Crippen molar-refractivity contribution in [3.63, 3.8) is 0 Å². The minimum absolute atomic E-state index is 0.0635. The van der Waals surface area contributed by atoms with E-state index in [0.717, 1.165) is 0 Å². The average molecular weight is 437 g/mol. The van der Waals surface area contributed by atoms with Gasteiger partial charge >= 0.3 is 5.97 Å². The number of rotatable bonds is 5. The third kappa shape index (κ3) is 3.44. The molecule has 4 rings (SSSR count). The van der Waals surface area contributed by atoms with Crippen LogP contribution in [0, 0.1) is 5.41 Å². The Morgan fingerprint density at radius 2 is 1.97 bits per heavy atom. The molecular formula is C20H28FN5O5. The number of carbonyl (C=O) groups is 1. The molecule has 2 aromatic heterocycles. The second kappa shape index (κ2) is 7.35. The van der Waals surface area contributed by atoms with E-state index in [4.69, 9.17) is 9.47 Å². The Morgan fingerprint density at radius 1 is 1.29 bits per heavy atom. The number of imidazole rings is 1. The number of aromatic nitrogens is 4. The molecule has 31 heavy (non-hydrogen) atoms. The molecule has 0 amide bonds. The van der Waals surface area contributed by atoms with Crippen molar-refractivity contribution in [3.05, 3.63) is 12.7 Å². The van der Waals surface area contributed by atoms with Gasteiger partial charge in [0.05, 0.1) is 31.1 Å². The van der Waals surface area contributed by atoms with Crippen LogP contribution in [0.15, 0.2) is 12.7 Å². The number of hydrogen-bond donors (Lipinski definition) is 2. The number of ether oxygens (including phenoxy) is 2. The van der Waals surface area contributed by atoms with E-state index in [1.807, 2.05) is 4.90 Å². The summed E-state index contributed by atoms with van der Waals surface area (Å²) in [5.41, 5.74) is -4.50. The van der Waals surface area contributed by atoms with E-state index in [9.17, 15) is 15.0 Å². The Labute approximate surface area is 179 Å². The first-order valence-electron chi connectivity index (χ1n) is 10.3. The standard InChI is InChI=1S/C20H28FN5O5/c1-18(2,17(27)28)9-12-20(4,29)19(3,21)16(31-12)26-11-24-13-14(22-10-23-15(13)26)25-5-7-30-8-6-25/h10-12,16,29H,5-9H2,1-4H3,(H,27,28)/t12-,16+,19+,20+/m1/s1. The van der Waals surface area contributed by atoms with Crippen LogP contribution in [0.4, 0.5) is 10.2 Å². The smallest absolute Gasteiger partial charge is 0.309 e. The SMILES string of the molecule is CC(C)(C[C@H]1O[C@H](n2cnc3c(N4CCOCC4)ncnc32)[C@](C)(F)[C@@]1(C)O)C(=O)O. The molecule has 2 saturated heterocycles. The van der Waals surface area contributed by atoms with Gasteiger partial charge in [-0.2, -0.15) is 0 Å². The van der Waals surface area contributed by atoms with Gasteiger partial charge in [-0.1, -0.05) is 0 Å². The summed E-state index contributed by atoms with van der Waals surface area (Å²) in [6.45, 7) is 8.08. The highest BCUT2D eigenvalue weighted by atomic mass is 19.1. The van der Waals surface area contributed by atoms with E-state index in [-0.39, 0.29) is 6.42 Å². The number of carboxylic acids is 1. The van der Waals surface area contributed by atoms with Gasteiger partial charge in [0.25, 0.3) is 0 Å². The van der Waals surface area contributed by atoms with Gasteiger partial charge in [-0.25, -0.2) is 19.3 Å². The lowest BCUT2D eigenvalue weighted by atomic mass is 9.77. The number of anilines is 1. The number of alkyl halides is 1. The zero-order valence-electron chi connectivity index (χ0n) is 18.1. The molecule has 0 aliphatic carbocycles. The minimum Gasteiger partial charge on any atom is -0.481 e. The van der Waals surface area contributed by atoms with Gasteiger partial charge in [0, 0.05) is 13.1 Å².